The third-order valence-electron chi connectivity index (χ3n) is 5.85. The predicted octanol–water partition coefficient (Wildman–Crippen LogP) is 0.750. The molecule has 0 aromatic carbocycles. The number of carbonyl (C=O) groups excluding carboxylic acids is 6. The van der Waals surface area contributed by atoms with Crippen LogP contribution < -0.4 is 0 Å². The molecule has 8 atom stereocenters. The van der Waals surface area contributed by atoms with Crippen molar-refractivity contribution >= 4 is 35.8 Å². The van der Waals surface area contributed by atoms with Gasteiger partial charge >= 0.3 is 35.8 Å². The van der Waals surface area contributed by atoms with Gasteiger partial charge in [0.25, 0.3) is 0 Å². The van der Waals surface area contributed by atoms with E-state index >= 15 is 0 Å². The van der Waals surface area contributed by atoms with E-state index < -0.39 is 85.3 Å². The van der Waals surface area contributed by atoms with Crippen molar-refractivity contribution in [3.8, 4) is 0 Å². The van der Waals surface area contributed by atoms with Gasteiger partial charge in [-0.2, -0.15) is 0 Å². The zero-order valence-electron chi connectivity index (χ0n) is 22.9. The van der Waals surface area contributed by atoms with Gasteiger partial charge in [-0.1, -0.05) is 0 Å². The van der Waals surface area contributed by atoms with Crippen LogP contribution in [-0.2, 0) is 66.7 Å². The van der Waals surface area contributed by atoms with Crippen molar-refractivity contribution in [3.63, 3.8) is 0 Å². The van der Waals surface area contributed by atoms with E-state index in [2.05, 4.69) is 0 Å². The third kappa shape index (κ3) is 10.8. The van der Waals surface area contributed by atoms with Crippen molar-refractivity contribution in [2.75, 3.05) is 13.2 Å². The topological polar surface area (TPSA) is 176 Å². The van der Waals surface area contributed by atoms with E-state index in [1.165, 1.54) is 20.8 Å². The smallest absolute Gasteiger partial charge is 0.303 e. The van der Waals surface area contributed by atoms with Crippen molar-refractivity contribution in [3.05, 3.63) is 0 Å². The minimum atomic E-state index is -1.38. The minimum Gasteiger partial charge on any atom is -0.466 e. The van der Waals surface area contributed by atoms with Crippen LogP contribution in [0.1, 0.15) is 60.8 Å². The van der Waals surface area contributed by atoms with Crippen LogP contribution >= 0.6 is 0 Å². The molecule has 0 spiro atoms. The zero-order chi connectivity index (χ0) is 29.3. The van der Waals surface area contributed by atoms with E-state index in [4.69, 9.17) is 37.9 Å². The normalized spacial score (nSPS) is 30.3. The Hall–Kier alpha value is -3.26. The highest BCUT2D eigenvalue weighted by Crippen LogP contribution is 2.35. The van der Waals surface area contributed by atoms with Crippen molar-refractivity contribution in [1.29, 1.82) is 0 Å². The summed E-state index contributed by atoms with van der Waals surface area (Å²) in [7, 11) is 0. The largest absolute Gasteiger partial charge is 0.466 e. The standard InChI is InChI=1S/C25H36O14/c1-12(26)32-10-18-7-19(34-14(3)28)9-20(8-18)38-25-24(37-17(6)31)23(36-16(5)30)22(35-15(4)29)21(39-25)11-33-13(2)27/h18-25H,7-11H2,1-6H3/t18-,19+,20-,21-,22-,23+,24-,25-/m1/s1. The van der Waals surface area contributed by atoms with E-state index in [9.17, 15) is 28.8 Å². The fourth-order valence-electron chi connectivity index (χ4n) is 4.63. The molecule has 0 unspecified atom stereocenters. The lowest BCUT2D eigenvalue weighted by atomic mass is 9.85. The lowest BCUT2D eigenvalue weighted by Crippen LogP contribution is -2.63. The summed E-state index contributed by atoms with van der Waals surface area (Å²) in [6, 6.07) is 0. The van der Waals surface area contributed by atoms with E-state index in [-0.39, 0.29) is 18.9 Å². The Bertz CT molecular complexity index is 916. The predicted molar refractivity (Wildman–Crippen MR) is 126 cm³/mol. The van der Waals surface area contributed by atoms with Crippen molar-refractivity contribution in [2.24, 2.45) is 5.92 Å². The van der Waals surface area contributed by atoms with Crippen LogP contribution in [0.2, 0.25) is 0 Å². The lowest BCUT2D eigenvalue weighted by molar-refractivity contribution is -0.320. The van der Waals surface area contributed by atoms with Crippen molar-refractivity contribution < 1.29 is 66.7 Å². The van der Waals surface area contributed by atoms with Gasteiger partial charge in [-0.15, -0.1) is 0 Å². The Labute approximate surface area is 225 Å². The fraction of sp³-hybridized carbons (Fsp3) is 0.760. The maximum atomic E-state index is 12.0. The molecule has 0 N–H and O–H groups in total. The first-order chi connectivity index (χ1) is 18.2. The van der Waals surface area contributed by atoms with Crippen LogP contribution in [-0.4, -0.2) is 91.9 Å². The van der Waals surface area contributed by atoms with Crippen LogP contribution in [0.25, 0.3) is 0 Å². The summed E-state index contributed by atoms with van der Waals surface area (Å²) in [4.78, 5) is 70.4. The molecule has 2 rings (SSSR count). The summed E-state index contributed by atoms with van der Waals surface area (Å²) in [5, 5.41) is 0. The first-order valence-corrected chi connectivity index (χ1v) is 12.5. The van der Waals surface area contributed by atoms with Crippen LogP contribution in [0.4, 0.5) is 0 Å². The molecule has 220 valence electrons. The van der Waals surface area contributed by atoms with Gasteiger partial charge in [-0.25, -0.2) is 0 Å². The molecule has 2 fully saturated rings. The highest BCUT2D eigenvalue weighted by atomic mass is 16.7. The van der Waals surface area contributed by atoms with Gasteiger partial charge < -0.3 is 37.9 Å². The Morgan fingerprint density at radius 3 is 1.59 bits per heavy atom. The van der Waals surface area contributed by atoms with Crippen LogP contribution in [0.5, 0.6) is 0 Å². The van der Waals surface area contributed by atoms with Gasteiger partial charge in [0, 0.05) is 48.0 Å². The highest BCUT2D eigenvalue weighted by molar-refractivity contribution is 5.69. The van der Waals surface area contributed by atoms with E-state index in [1.807, 2.05) is 0 Å². The first-order valence-electron chi connectivity index (χ1n) is 12.5. The summed E-state index contributed by atoms with van der Waals surface area (Å²) in [5.74, 6) is -4.13. The summed E-state index contributed by atoms with van der Waals surface area (Å²) in [6.07, 6.45) is -6.80. The molecular weight excluding hydrogens is 524 g/mol. The molecule has 2 aliphatic rings. The molecule has 14 heteroatoms. The lowest BCUT2D eigenvalue weighted by Gasteiger charge is -2.45. The summed E-state index contributed by atoms with van der Waals surface area (Å²) >= 11 is 0. The number of hydrogen-bond acceptors (Lipinski definition) is 14. The second kappa shape index (κ2) is 14.8. The second-order valence-corrected chi connectivity index (χ2v) is 9.43. The van der Waals surface area contributed by atoms with E-state index in [0.717, 1.165) is 20.8 Å². The molecule has 0 bridgehead atoms. The van der Waals surface area contributed by atoms with Gasteiger partial charge in [-0.3, -0.25) is 28.8 Å². The maximum Gasteiger partial charge on any atom is 0.303 e. The van der Waals surface area contributed by atoms with Gasteiger partial charge in [0.05, 0.1) is 12.7 Å². The first kappa shape index (κ1) is 32.0. The highest BCUT2D eigenvalue weighted by Gasteiger charge is 2.53. The minimum absolute atomic E-state index is 0.0610. The molecule has 0 radical (unpaired) electrons. The average molecular weight is 561 g/mol. The van der Waals surface area contributed by atoms with Gasteiger partial charge in [-0.05, 0) is 18.8 Å². The van der Waals surface area contributed by atoms with Crippen LogP contribution in [0, 0.1) is 5.92 Å². The maximum absolute atomic E-state index is 12.0. The summed E-state index contributed by atoms with van der Waals surface area (Å²) < 4.78 is 44.0. The number of rotatable bonds is 10. The second-order valence-electron chi connectivity index (χ2n) is 9.43. The Kier molecular flexibility index (Phi) is 12.1. The average Bonchev–Trinajstić information content (AvgIpc) is 2.79. The molecule has 1 heterocycles. The summed E-state index contributed by atoms with van der Waals surface area (Å²) in [5.41, 5.74) is 0. The zero-order valence-corrected chi connectivity index (χ0v) is 22.9. The van der Waals surface area contributed by atoms with E-state index in [0.29, 0.717) is 12.8 Å². The fourth-order valence-corrected chi connectivity index (χ4v) is 4.63. The van der Waals surface area contributed by atoms with Gasteiger partial charge in [0.2, 0.25) is 0 Å². The Morgan fingerprint density at radius 1 is 0.564 bits per heavy atom. The number of esters is 6. The SMILES string of the molecule is CC(=O)OC[C@@H]1C[C@H](OC(C)=O)C[C@H](O[C@@H]2O[C@H](COC(C)=O)[C@@H](OC(C)=O)[C@H](OC(C)=O)[C@H]2OC(C)=O)C1. The van der Waals surface area contributed by atoms with Crippen molar-refractivity contribution in [2.45, 2.75) is 104 Å². The molecule has 14 nitrogen and oxygen atoms in total. The Morgan fingerprint density at radius 2 is 1.05 bits per heavy atom. The number of carbonyl (C=O) groups is 6. The molecule has 1 saturated heterocycles. The Balaban J connectivity index is 2.39. The monoisotopic (exact) mass is 560 g/mol. The molecule has 0 aromatic heterocycles. The molecule has 1 saturated carbocycles. The number of ether oxygens (including phenoxy) is 8. The van der Waals surface area contributed by atoms with Gasteiger partial charge in [0.1, 0.15) is 18.8 Å². The molecular formula is C25H36O14. The molecule has 0 amide bonds. The molecule has 39 heavy (non-hydrogen) atoms. The summed E-state index contributed by atoms with van der Waals surface area (Å²) in [6.45, 7) is 6.75. The van der Waals surface area contributed by atoms with Gasteiger partial charge in [0.15, 0.2) is 24.6 Å². The van der Waals surface area contributed by atoms with Crippen LogP contribution in [0.15, 0.2) is 0 Å². The molecule has 1 aliphatic heterocycles. The van der Waals surface area contributed by atoms with Crippen LogP contribution in [0.3, 0.4) is 0 Å². The van der Waals surface area contributed by atoms with E-state index in [1.54, 1.807) is 0 Å². The molecule has 0 aromatic rings. The quantitative estimate of drug-likeness (QED) is 0.270. The molecule has 1 aliphatic carbocycles. The van der Waals surface area contributed by atoms with Crippen molar-refractivity contribution in [1.82, 2.24) is 0 Å². The third-order valence-corrected chi connectivity index (χ3v) is 5.85. The number of hydrogen-bond donors (Lipinski definition) is 0.